The van der Waals surface area contributed by atoms with E-state index in [1.807, 2.05) is 0 Å². The van der Waals surface area contributed by atoms with Crippen LogP contribution < -0.4 is 0 Å². The molecule has 0 aliphatic carbocycles. The summed E-state index contributed by atoms with van der Waals surface area (Å²) in [5, 5.41) is 72.0. The van der Waals surface area contributed by atoms with Crippen molar-refractivity contribution in [1.82, 2.24) is 0 Å². The molecule has 0 amide bonds. The minimum absolute atomic E-state index is 0.0543. The first-order chi connectivity index (χ1) is 32.1. The number of aliphatic hydroxyl groups excluding tert-OH is 7. The molecule has 14 nitrogen and oxygen atoms in total. The number of carbonyl (C=O) groups excluding carboxylic acids is 1. The molecule has 382 valence electrons. The Morgan fingerprint density at radius 1 is 0.515 bits per heavy atom. The van der Waals surface area contributed by atoms with Gasteiger partial charge < -0.3 is 64.2 Å². The summed E-state index contributed by atoms with van der Waals surface area (Å²) in [5.74, 6) is -0.387. The molecule has 0 aromatic rings. The Kier molecular flexibility index (Phi) is 35.8. The number of rotatable bonds is 39. The van der Waals surface area contributed by atoms with E-state index < -0.39 is 80.7 Å². The lowest BCUT2D eigenvalue weighted by Crippen LogP contribution is -2.61. The Bertz CT molecular complexity index is 1320. The highest BCUT2D eigenvalue weighted by atomic mass is 16.7. The van der Waals surface area contributed by atoms with Crippen LogP contribution in [-0.4, -0.2) is 142 Å². The molecule has 0 spiro atoms. The van der Waals surface area contributed by atoms with Crippen LogP contribution in [0.15, 0.2) is 60.8 Å². The zero-order chi connectivity index (χ0) is 48.0. The minimum Gasteiger partial charge on any atom is -0.457 e. The van der Waals surface area contributed by atoms with E-state index in [2.05, 4.69) is 74.6 Å². The number of carbonyl (C=O) groups is 1. The van der Waals surface area contributed by atoms with Gasteiger partial charge in [0, 0.05) is 13.0 Å². The second kappa shape index (κ2) is 39.5. The van der Waals surface area contributed by atoms with Gasteiger partial charge >= 0.3 is 5.97 Å². The van der Waals surface area contributed by atoms with E-state index in [-0.39, 0.29) is 25.6 Å². The van der Waals surface area contributed by atoms with Crippen LogP contribution in [0.25, 0.3) is 0 Å². The first-order valence-electron chi connectivity index (χ1n) is 25.4. The molecule has 11 atom stereocenters. The molecule has 0 bridgehead atoms. The van der Waals surface area contributed by atoms with E-state index in [9.17, 15) is 40.5 Å². The van der Waals surface area contributed by atoms with Crippen LogP contribution in [0.2, 0.25) is 0 Å². The van der Waals surface area contributed by atoms with Gasteiger partial charge in [-0.1, -0.05) is 158 Å². The fourth-order valence-corrected chi connectivity index (χ4v) is 7.66. The molecule has 2 fully saturated rings. The molecule has 14 heteroatoms. The standard InChI is InChI=1S/C52H90O14/c1-3-5-7-9-11-13-14-15-16-17-18-19-20-21-22-23-24-25-26-27-28-30-32-34-36-61-38-41(64-44(54)35-33-31-29-12-10-8-6-4-2)39-62-51-50(60)48(58)46(56)43(66-51)40-63-52-49(59)47(57)45(55)42(37-53)65-52/h5,7,11,13,15-16,18-19,21-22,41-43,45-53,55-60H,3-4,6,8-10,12,14,17,20,23-40H2,1-2H3/b7-5-,13-11-,16-15-,19-18-,22-21-. The van der Waals surface area contributed by atoms with Gasteiger partial charge in [-0.25, -0.2) is 0 Å². The second-order valence-electron chi connectivity index (χ2n) is 17.6. The number of unbranched alkanes of at least 4 members (excludes halogenated alkanes) is 15. The van der Waals surface area contributed by atoms with Crippen molar-refractivity contribution in [2.75, 3.05) is 33.0 Å². The third-order valence-electron chi connectivity index (χ3n) is 11.8. The van der Waals surface area contributed by atoms with Gasteiger partial charge in [0.25, 0.3) is 0 Å². The lowest BCUT2D eigenvalue weighted by molar-refractivity contribution is -0.332. The highest BCUT2D eigenvalue weighted by Crippen LogP contribution is 2.26. The number of allylic oxidation sites excluding steroid dienone is 10. The molecule has 0 aromatic heterocycles. The zero-order valence-electron chi connectivity index (χ0n) is 40.4. The van der Waals surface area contributed by atoms with E-state index in [0.717, 1.165) is 77.0 Å². The summed E-state index contributed by atoms with van der Waals surface area (Å²) >= 11 is 0. The average molecular weight is 939 g/mol. The van der Waals surface area contributed by atoms with Crippen molar-refractivity contribution < 1.29 is 69.0 Å². The van der Waals surface area contributed by atoms with Gasteiger partial charge in [0.05, 0.1) is 26.4 Å². The molecule has 2 aliphatic heterocycles. The van der Waals surface area contributed by atoms with E-state index >= 15 is 0 Å². The van der Waals surface area contributed by atoms with Crippen molar-refractivity contribution in [2.24, 2.45) is 0 Å². The summed E-state index contributed by atoms with van der Waals surface area (Å²) in [6.07, 6.45) is 30.2. The van der Waals surface area contributed by atoms with E-state index in [1.165, 1.54) is 57.8 Å². The molecule has 0 radical (unpaired) electrons. The number of aliphatic hydroxyl groups is 7. The van der Waals surface area contributed by atoms with Crippen molar-refractivity contribution in [2.45, 2.75) is 229 Å². The van der Waals surface area contributed by atoms with E-state index in [0.29, 0.717) is 13.0 Å². The summed E-state index contributed by atoms with van der Waals surface area (Å²) < 4.78 is 34.2. The van der Waals surface area contributed by atoms with Gasteiger partial charge in [0.15, 0.2) is 12.6 Å². The second-order valence-corrected chi connectivity index (χ2v) is 17.6. The van der Waals surface area contributed by atoms with Gasteiger partial charge in [-0.2, -0.15) is 0 Å². The molecule has 2 saturated heterocycles. The fraction of sp³-hybridized carbons (Fsp3) is 0.788. The van der Waals surface area contributed by atoms with Crippen molar-refractivity contribution in [3.8, 4) is 0 Å². The molecule has 0 saturated carbocycles. The van der Waals surface area contributed by atoms with Crippen molar-refractivity contribution in [1.29, 1.82) is 0 Å². The normalized spacial score (nSPS) is 26.8. The Morgan fingerprint density at radius 3 is 1.55 bits per heavy atom. The Balaban J connectivity index is 1.70. The summed E-state index contributed by atoms with van der Waals surface area (Å²) in [6.45, 7) is 3.50. The van der Waals surface area contributed by atoms with Gasteiger partial charge in [0.1, 0.15) is 54.9 Å². The first kappa shape index (κ1) is 59.8. The smallest absolute Gasteiger partial charge is 0.306 e. The quantitative estimate of drug-likeness (QED) is 0.0183. The molecule has 66 heavy (non-hydrogen) atoms. The number of esters is 1. The SMILES string of the molecule is CC/C=C\C/C=C\C/C=C\C/C=C\C/C=C\CCCCCCCCCCOCC(COC1OC(COC2OC(CO)C(O)C(O)C2O)C(O)C(O)C1O)OC(=O)CCCCCCCCCC. The third-order valence-corrected chi connectivity index (χ3v) is 11.8. The van der Waals surface area contributed by atoms with Gasteiger partial charge in [-0.05, 0) is 57.8 Å². The molecule has 0 aromatic carbocycles. The average Bonchev–Trinajstić information content (AvgIpc) is 3.31. The lowest BCUT2D eigenvalue weighted by Gasteiger charge is -2.42. The van der Waals surface area contributed by atoms with Gasteiger partial charge in [-0.15, -0.1) is 0 Å². The van der Waals surface area contributed by atoms with Crippen molar-refractivity contribution >= 4 is 5.97 Å². The van der Waals surface area contributed by atoms with Gasteiger partial charge in [-0.3, -0.25) is 4.79 Å². The van der Waals surface area contributed by atoms with E-state index in [4.69, 9.17) is 28.4 Å². The number of ether oxygens (including phenoxy) is 6. The predicted octanol–water partition coefficient (Wildman–Crippen LogP) is 7.35. The maximum atomic E-state index is 12.9. The molecule has 11 unspecified atom stereocenters. The van der Waals surface area contributed by atoms with Crippen molar-refractivity contribution in [3.63, 3.8) is 0 Å². The van der Waals surface area contributed by atoms with Crippen LogP contribution in [0.4, 0.5) is 0 Å². The van der Waals surface area contributed by atoms with E-state index in [1.54, 1.807) is 0 Å². The molecule has 2 rings (SSSR count). The van der Waals surface area contributed by atoms with Crippen LogP contribution in [0.3, 0.4) is 0 Å². The summed E-state index contributed by atoms with van der Waals surface area (Å²) in [4.78, 5) is 12.9. The Morgan fingerprint density at radius 2 is 0.985 bits per heavy atom. The zero-order valence-corrected chi connectivity index (χ0v) is 40.4. The van der Waals surface area contributed by atoms with Crippen LogP contribution in [0.1, 0.15) is 162 Å². The highest BCUT2D eigenvalue weighted by Gasteiger charge is 2.47. The van der Waals surface area contributed by atoms with Crippen LogP contribution in [0.5, 0.6) is 0 Å². The lowest BCUT2D eigenvalue weighted by atomic mass is 9.98. The minimum atomic E-state index is -1.71. The Labute approximate surface area is 396 Å². The molecule has 2 aliphatic rings. The van der Waals surface area contributed by atoms with Crippen LogP contribution in [0, 0.1) is 0 Å². The fourth-order valence-electron chi connectivity index (χ4n) is 7.66. The van der Waals surface area contributed by atoms with Crippen LogP contribution >= 0.6 is 0 Å². The maximum absolute atomic E-state index is 12.9. The summed E-state index contributed by atoms with van der Waals surface area (Å²) in [5.41, 5.74) is 0. The first-order valence-corrected chi connectivity index (χ1v) is 25.4. The summed E-state index contributed by atoms with van der Waals surface area (Å²) in [6, 6.07) is 0. The monoisotopic (exact) mass is 939 g/mol. The molecular formula is C52H90O14. The number of hydrogen-bond donors (Lipinski definition) is 7. The van der Waals surface area contributed by atoms with Crippen molar-refractivity contribution in [3.05, 3.63) is 60.8 Å². The predicted molar refractivity (Wildman–Crippen MR) is 256 cm³/mol. The maximum Gasteiger partial charge on any atom is 0.306 e. The molecule has 7 N–H and O–H groups in total. The molecular weight excluding hydrogens is 849 g/mol. The Hall–Kier alpha value is -2.31. The topological polar surface area (TPSA) is 214 Å². The molecule has 2 heterocycles. The largest absolute Gasteiger partial charge is 0.457 e. The summed E-state index contributed by atoms with van der Waals surface area (Å²) in [7, 11) is 0. The highest BCUT2D eigenvalue weighted by molar-refractivity contribution is 5.69. The van der Waals surface area contributed by atoms with Crippen LogP contribution in [-0.2, 0) is 33.2 Å². The van der Waals surface area contributed by atoms with Gasteiger partial charge in [0.2, 0.25) is 0 Å². The number of hydrogen-bond acceptors (Lipinski definition) is 14. The third kappa shape index (κ3) is 27.0.